The number of anilines is 1. The van der Waals surface area contributed by atoms with Gasteiger partial charge in [0.25, 0.3) is 0 Å². The Morgan fingerprint density at radius 2 is 2.14 bits per heavy atom. The van der Waals surface area contributed by atoms with Gasteiger partial charge in [0.15, 0.2) is 5.96 Å². The Morgan fingerprint density at radius 1 is 1.32 bits per heavy atom. The Bertz CT molecular complexity index is 606. The van der Waals surface area contributed by atoms with Crippen LogP contribution >= 0.6 is 0 Å². The average Bonchev–Trinajstić information content (AvgIpc) is 3.18. The van der Waals surface area contributed by atoms with Gasteiger partial charge in [-0.15, -0.1) is 0 Å². The van der Waals surface area contributed by atoms with E-state index in [-0.39, 0.29) is 0 Å². The molecule has 0 bridgehead atoms. The van der Waals surface area contributed by atoms with Gasteiger partial charge in [-0.3, -0.25) is 4.99 Å². The van der Waals surface area contributed by atoms with E-state index in [0.29, 0.717) is 17.9 Å². The van der Waals surface area contributed by atoms with E-state index in [1.165, 1.54) is 12.1 Å². The highest BCUT2D eigenvalue weighted by Crippen LogP contribution is 2.26. The molecule has 1 fully saturated rings. The fourth-order valence-corrected chi connectivity index (χ4v) is 3.66. The van der Waals surface area contributed by atoms with Crippen LogP contribution in [0.3, 0.4) is 0 Å². The molecule has 2 rings (SSSR count). The summed E-state index contributed by atoms with van der Waals surface area (Å²) in [7, 11) is 3.54. The summed E-state index contributed by atoms with van der Waals surface area (Å²) in [5.74, 6) is 2.92. The van der Waals surface area contributed by atoms with E-state index >= 15 is 0 Å². The molecule has 0 aliphatic carbocycles. The maximum atomic E-state index is 5.82. The fraction of sp³-hybridized carbons (Fsp3) is 0.682. The molecule has 28 heavy (non-hydrogen) atoms. The first kappa shape index (κ1) is 22.3. The van der Waals surface area contributed by atoms with Crippen LogP contribution in [0.25, 0.3) is 0 Å². The second-order valence-corrected chi connectivity index (χ2v) is 7.71. The first-order chi connectivity index (χ1) is 13.6. The summed E-state index contributed by atoms with van der Waals surface area (Å²) in [6.07, 6.45) is 2.46. The van der Waals surface area contributed by atoms with Crippen LogP contribution in [0, 0.1) is 11.8 Å². The molecule has 6 heteroatoms. The van der Waals surface area contributed by atoms with Crippen molar-refractivity contribution < 1.29 is 9.47 Å². The van der Waals surface area contributed by atoms with Gasteiger partial charge in [0.1, 0.15) is 5.75 Å². The van der Waals surface area contributed by atoms with Crippen LogP contribution in [0.2, 0.25) is 0 Å². The standard InChI is InChI=1S/C22H38N4O2/c1-6-28-21(17(2)3)10-12-24-22(23-4)25-15-18-11-13-26(16-18)19-8-7-9-20(14-19)27-5/h7-9,14,17-18,21H,6,10-13,15-16H2,1-5H3,(H2,23,24,25). The van der Waals surface area contributed by atoms with Gasteiger partial charge in [0.2, 0.25) is 0 Å². The number of nitrogens with zero attached hydrogens (tertiary/aromatic N) is 2. The SMILES string of the molecule is CCOC(CCNC(=NC)NCC1CCN(c2cccc(OC)c2)C1)C(C)C. The van der Waals surface area contributed by atoms with E-state index < -0.39 is 0 Å². The lowest BCUT2D eigenvalue weighted by atomic mass is 10.0. The molecule has 0 aromatic heterocycles. The topological polar surface area (TPSA) is 58.1 Å². The molecule has 1 aromatic rings. The third-order valence-electron chi connectivity index (χ3n) is 5.33. The molecule has 6 nitrogen and oxygen atoms in total. The smallest absolute Gasteiger partial charge is 0.190 e. The van der Waals surface area contributed by atoms with Crippen LogP contribution in [0.1, 0.15) is 33.6 Å². The monoisotopic (exact) mass is 390 g/mol. The van der Waals surface area contributed by atoms with Crippen molar-refractivity contribution in [1.82, 2.24) is 10.6 Å². The van der Waals surface area contributed by atoms with Crippen LogP contribution in [0.5, 0.6) is 5.75 Å². The Morgan fingerprint density at radius 3 is 2.82 bits per heavy atom. The Labute approximate surface area is 170 Å². The minimum Gasteiger partial charge on any atom is -0.497 e. The first-order valence-electron chi connectivity index (χ1n) is 10.5. The molecule has 0 amide bonds. The molecule has 2 N–H and O–H groups in total. The fourth-order valence-electron chi connectivity index (χ4n) is 3.66. The maximum Gasteiger partial charge on any atom is 0.190 e. The van der Waals surface area contributed by atoms with Crippen molar-refractivity contribution in [3.8, 4) is 5.75 Å². The highest BCUT2D eigenvalue weighted by Gasteiger charge is 2.23. The zero-order chi connectivity index (χ0) is 20.4. The minimum atomic E-state index is 0.293. The summed E-state index contributed by atoms with van der Waals surface area (Å²) in [4.78, 5) is 6.79. The molecular weight excluding hydrogens is 352 g/mol. The van der Waals surface area contributed by atoms with Crippen molar-refractivity contribution in [3.63, 3.8) is 0 Å². The summed E-state index contributed by atoms with van der Waals surface area (Å²) in [6.45, 7) is 11.2. The van der Waals surface area contributed by atoms with Crippen molar-refractivity contribution in [3.05, 3.63) is 24.3 Å². The molecule has 1 saturated heterocycles. The molecule has 2 unspecified atom stereocenters. The molecular formula is C22H38N4O2. The van der Waals surface area contributed by atoms with Gasteiger partial charge in [0.05, 0.1) is 13.2 Å². The van der Waals surface area contributed by atoms with Gasteiger partial charge in [-0.2, -0.15) is 0 Å². The van der Waals surface area contributed by atoms with Gasteiger partial charge in [0, 0.05) is 51.6 Å². The van der Waals surface area contributed by atoms with Gasteiger partial charge in [-0.25, -0.2) is 0 Å². The summed E-state index contributed by atoms with van der Waals surface area (Å²) < 4.78 is 11.2. The molecule has 1 aliphatic rings. The Balaban J connectivity index is 1.73. The van der Waals surface area contributed by atoms with E-state index in [0.717, 1.165) is 50.9 Å². The zero-order valence-corrected chi connectivity index (χ0v) is 18.2. The molecule has 0 saturated carbocycles. The van der Waals surface area contributed by atoms with Crippen LogP contribution in [0.4, 0.5) is 5.69 Å². The van der Waals surface area contributed by atoms with Gasteiger partial charge in [-0.1, -0.05) is 19.9 Å². The van der Waals surface area contributed by atoms with Crippen LogP contribution in [0.15, 0.2) is 29.3 Å². The summed E-state index contributed by atoms with van der Waals surface area (Å²) in [6, 6.07) is 8.31. The lowest BCUT2D eigenvalue weighted by Crippen LogP contribution is -2.41. The first-order valence-corrected chi connectivity index (χ1v) is 10.5. The number of hydrogen-bond donors (Lipinski definition) is 2. The van der Waals surface area contributed by atoms with E-state index in [9.17, 15) is 0 Å². The second kappa shape index (κ2) is 11.8. The highest BCUT2D eigenvalue weighted by atomic mass is 16.5. The number of benzene rings is 1. The van der Waals surface area contributed by atoms with E-state index in [1.54, 1.807) is 7.11 Å². The summed E-state index contributed by atoms with van der Waals surface area (Å²) >= 11 is 0. The lowest BCUT2D eigenvalue weighted by Gasteiger charge is -2.22. The third kappa shape index (κ3) is 6.89. The molecule has 0 radical (unpaired) electrons. The van der Waals surface area contributed by atoms with Gasteiger partial charge >= 0.3 is 0 Å². The third-order valence-corrected chi connectivity index (χ3v) is 5.33. The normalized spacial score (nSPS) is 18.4. The van der Waals surface area contributed by atoms with E-state index in [1.807, 2.05) is 13.1 Å². The van der Waals surface area contributed by atoms with E-state index in [2.05, 4.69) is 59.5 Å². The number of nitrogens with one attached hydrogen (secondary N) is 2. The average molecular weight is 391 g/mol. The van der Waals surface area contributed by atoms with E-state index in [4.69, 9.17) is 9.47 Å². The predicted molar refractivity (Wildman–Crippen MR) is 118 cm³/mol. The highest BCUT2D eigenvalue weighted by molar-refractivity contribution is 5.79. The van der Waals surface area contributed by atoms with Gasteiger partial charge < -0.3 is 25.0 Å². The maximum absolute atomic E-state index is 5.82. The number of hydrogen-bond acceptors (Lipinski definition) is 4. The summed E-state index contributed by atoms with van der Waals surface area (Å²) in [5.41, 5.74) is 1.24. The van der Waals surface area contributed by atoms with Crippen molar-refractivity contribution >= 4 is 11.6 Å². The number of methoxy groups -OCH3 is 1. The molecule has 1 heterocycles. The lowest BCUT2D eigenvalue weighted by molar-refractivity contribution is 0.0258. The molecule has 1 aromatic carbocycles. The number of ether oxygens (including phenoxy) is 2. The van der Waals surface area contributed by atoms with Gasteiger partial charge in [-0.05, 0) is 43.7 Å². The van der Waals surface area contributed by atoms with Crippen molar-refractivity contribution in [2.24, 2.45) is 16.8 Å². The zero-order valence-electron chi connectivity index (χ0n) is 18.2. The van der Waals surface area contributed by atoms with Crippen LogP contribution in [-0.4, -0.2) is 59.0 Å². The molecule has 1 aliphatic heterocycles. The molecule has 2 atom stereocenters. The number of rotatable bonds is 10. The van der Waals surface area contributed by atoms with Crippen LogP contribution < -0.4 is 20.3 Å². The second-order valence-electron chi connectivity index (χ2n) is 7.71. The minimum absolute atomic E-state index is 0.293. The summed E-state index contributed by atoms with van der Waals surface area (Å²) in [5, 5.41) is 6.91. The number of guanidine groups is 1. The Hall–Kier alpha value is -1.95. The molecule has 158 valence electrons. The van der Waals surface area contributed by atoms with Crippen molar-refractivity contribution in [1.29, 1.82) is 0 Å². The quantitative estimate of drug-likeness (QED) is 0.475. The Kier molecular flexibility index (Phi) is 9.41. The molecule has 0 spiro atoms. The van der Waals surface area contributed by atoms with Crippen molar-refractivity contribution in [2.45, 2.75) is 39.7 Å². The number of aliphatic imine (C=N–C) groups is 1. The predicted octanol–water partition coefficient (Wildman–Crippen LogP) is 3.14. The van der Waals surface area contributed by atoms with Crippen LogP contribution in [-0.2, 0) is 4.74 Å². The largest absolute Gasteiger partial charge is 0.497 e. The van der Waals surface area contributed by atoms with Crippen molar-refractivity contribution in [2.75, 3.05) is 51.8 Å².